The molecule has 0 amide bonds. The van der Waals surface area contributed by atoms with Crippen molar-refractivity contribution in [3.8, 4) is 0 Å². The average molecular weight is 286 g/mol. The van der Waals surface area contributed by atoms with E-state index in [2.05, 4.69) is 18.6 Å². The molecule has 0 rings (SSSR count). The van der Waals surface area contributed by atoms with Crippen LogP contribution in [0.25, 0.3) is 0 Å². The van der Waals surface area contributed by atoms with Crippen molar-refractivity contribution in [2.75, 3.05) is 0 Å². The van der Waals surface area contributed by atoms with Gasteiger partial charge in [-0.2, -0.15) is 0 Å². The van der Waals surface area contributed by atoms with Gasteiger partial charge >= 0.3 is 55.5 Å². The molecule has 0 saturated carbocycles. The second kappa shape index (κ2) is 3.83. The Balaban J connectivity index is 2.54. The van der Waals surface area contributed by atoms with E-state index in [-0.39, 0.29) is 21.4 Å². The fourth-order valence-electron chi connectivity index (χ4n) is 0. The van der Waals surface area contributed by atoms with Crippen LogP contribution < -0.4 is 17.0 Å². The maximum atomic E-state index is 5.11. The van der Waals surface area contributed by atoms with Crippen molar-refractivity contribution >= 4 is 38.4 Å². The van der Waals surface area contributed by atoms with Crippen LogP contribution in [0.5, 0.6) is 0 Å². The van der Waals surface area contributed by atoms with Crippen molar-refractivity contribution < 1.29 is 17.0 Å². The topological polar surface area (TPSA) is 0 Å². The fraction of sp³-hybridized carbons (Fsp3) is 0. The number of halogens is 2. The van der Waals surface area contributed by atoms with E-state index in [1.165, 1.54) is 0 Å². The molecule has 0 aromatic rings. The SMILES string of the molecule is [B]B([B])[I-]I. The first-order chi connectivity index (χ1) is 2.27. The molecule has 0 aliphatic carbocycles. The van der Waals surface area contributed by atoms with Crippen molar-refractivity contribution in [2.45, 2.75) is 0 Å². The van der Waals surface area contributed by atoms with Gasteiger partial charge in [0.2, 0.25) is 0 Å². The van der Waals surface area contributed by atoms with E-state index in [1.54, 1.807) is 0 Å². The van der Waals surface area contributed by atoms with Gasteiger partial charge in [0.25, 0.3) is 0 Å². The molecule has 0 aliphatic rings. The van der Waals surface area contributed by atoms with Crippen molar-refractivity contribution in [2.24, 2.45) is 0 Å². The first-order valence-electron chi connectivity index (χ1n) is 1.03. The van der Waals surface area contributed by atoms with Gasteiger partial charge < -0.3 is 0 Å². The van der Waals surface area contributed by atoms with Crippen molar-refractivity contribution in [3.05, 3.63) is 0 Å². The molecule has 0 heterocycles. The second-order valence-electron chi connectivity index (χ2n) is 0.527. The van der Waals surface area contributed by atoms with Gasteiger partial charge in [0.1, 0.15) is 0 Å². The van der Waals surface area contributed by atoms with Crippen LogP contribution in [-0.4, -0.2) is 19.8 Å². The first-order valence-corrected chi connectivity index (χ1v) is 8.56. The maximum absolute atomic E-state index is 5.11. The minimum atomic E-state index is -0.0191. The van der Waals surface area contributed by atoms with Crippen LogP contribution in [-0.2, 0) is 0 Å². The summed E-state index contributed by atoms with van der Waals surface area (Å²) < 4.78 is -0.0191. The summed E-state index contributed by atoms with van der Waals surface area (Å²) >= 11 is 2.31. The molecule has 4 radical (unpaired) electrons. The van der Waals surface area contributed by atoms with Gasteiger partial charge in [0.15, 0.2) is 0 Å². The molecule has 0 unspecified atom stereocenters. The predicted molar refractivity (Wildman–Crippen MR) is 31.3 cm³/mol. The normalized spacial score (nSPS) is 8.20. The van der Waals surface area contributed by atoms with Gasteiger partial charge in [-0.05, 0) is 0 Å². The summed E-state index contributed by atoms with van der Waals surface area (Å²) in [4.78, 5) is 0. The molecule has 0 bridgehead atoms. The van der Waals surface area contributed by atoms with Gasteiger partial charge in [-0.25, -0.2) is 0 Å². The van der Waals surface area contributed by atoms with Crippen LogP contribution in [0.4, 0.5) is 0 Å². The molecule has 5 heteroatoms. The zero-order valence-corrected chi connectivity index (χ0v) is 6.80. The van der Waals surface area contributed by atoms with E-state index in [1.807, 2.05) is 0 Å². The molecule has 0 saturated heterocycles. The standard InChI is InChI=1S/B3I2/c1-3(2)5-4/q-1. The third-order valence-electron chi connectivity index (χ3n) is 0.0952. The molecule has 0 aromatic carbocycles. The van der Waals surface area contributed by atoms with E-state index in [4.69, 9.17) is 15.5 Å². The van der Waals surface area contributed by atoms with E-state index < -0.39 is 0 Å². The van der Waals surface area contributed by atoms with Gasteiger partial charge in [0.05, 0.1) is 0 Å². The minimum absolute atomic E-state index is 0.0191. The second-order valence-corrected chi connectivity index (χ2v) is 5.59. The molecule has 0 fully saturated rings. The predicted octanol–water partition coefficient (Wildman–Crippen LogP) is -3.25. The Labute approximate surface area is 54.9 Å². The Morgan fingerprint density at radius 1 is 1.60 bits per heavy atom. The monoisotopic (exact) mass is 287 g/mol. The zero-order valence-electron chi connectivity index (χ0n) is 2.49. The van der Waals surface area contributed by atoms with Crippen LogP contribution in [0.15, 0.2) is 0 Å². The molecule has 0 spiro atoms. The molecule has 0 aromatic heterocycles. The Kier molecular flexibility index (Phi) is 5.10. The molecule has 5 heavy (non-hydrogen) atoms. The summed E-state index contributed by atoms with van der Waals surface area (Å²) in [5.74, 6) is 0. The molecule has 0 nitrogen and oxygen atoms in total. The first kappa shape index (κ1) is 6.65. The third-order valence-corrected chi connectivity index (χ3v) is 4.29. The van der Waals surface area contributed by atoms with Crippen LogP contribution in [0.3, 0.4) is 0 Å². The summed E-state index contributed by atoms with van der Waals surface area (Å²) in [6.07, 6.45) is 0. The van der Waals surface area contributed by atoms with E-state index in [0.717, 1.165) is 0 Å². The Bertz CT molecular complexity index is 18.9. The van der Waals surface area contributed by atoms with Crippen LogP contribution >= 0.6 is 18.6 Å². The number of hydrogen-bond donors (Lipinski definition) is 0. The molecular formula is B3I2-. The Hall–Kier alpha value is 1.65. The molecule has 0 N–H and O–H groups in total. The van der Waals surface area contributed by atoms with Crippen molar-refractivity contribution in [1.82, 2.24) is 0 Å². The van der Waals surface area contributed by atoms with E-state index in [0.29, 0.717) is 0 Å². The Morgan fingerprint density at radius 3 is 1.80 bits per heavy atom. The van der Waals surface area contributed by atoms with E-state index >= 15 is 0 Å². The summed E-state index contributed by atoms with van der Waals surface area (Å²) in [6, 6.07) is 0. The van der Waals surface area contributed by atoms with Gasteiger partial charge in [-0.1, -0.05) is 0 Å². The van der Waals surface area contributed by atoms with Crippen LogP contribution in [0.1, 0.15) is 0 Å². The quantitative estimate of drug-likeness (QED) is 0.351. The molecule has 0 atom stereocenters. The summed E-state index contributed by atoms with van der Waals surface area (Å²) in [6.45, 7) is 0. The number of rotatable bonds is 1. The van der Waals surface area contributed by atoms with Crippen molar-refractivity contribution in [1.29, 1.82) is 0 Å². The summed E-state index contributed by atoms with van der Waals surface area (Å²) in [5, 5.41) is 0. The molecular weight excluding hydrogens is 286 g/mol. The third kappa shape index (κ3) is 5.65. The van der Waals surface area contributed by atoms with Gasteiger partial charge in [0, 0.05) is 0 Å². The van der Waals surface area contributed by atoms with Crippen LogP contribution in [0, 0.1) is 0 Å². The molecule has 24 valence electrons. The van der Waals surface area contributed by atoms with Gasteiger partial charge in [-0.15, -0.1) is 0 Å². The molecule has 0 aliphatic heterocycles. The van der Waals surface area contributed by atoms with Gasteiger partial charge in [-0.3, -0.25) is 0 Å². The van der Waals surface area contributed by atoms with E-state index in [9.17, 15) is 0 Å². The summed E-state index contributed by atoms with van der Waals surface area (Å²) in [5.41, 5.74) is 0. The average Bonchev–Trinajstić information content (AvgIpc) is 1.38. The summed E-state index contributed by atoms with van der Waals surface area (Å²) in [7, 11) is 10.2. The van der Waals surface area contributed by atoms with Crippen LogP contribution in [0.2, 0.25) is 0 Å². The fourth-order valence-corrected chi connectivity index (χ4v) is 0. The number of hydrogen-bond acceptors (Lipinski definition) is 0. The zero-order chi connectivity index (χ0) is 4.28. The van der Waals surface area contributed by atoms with Crippen molar-refractivity contribution in [3.63, 3.8) is 0 Å². The Morgan fingerprint density at radius 2 is 1.80 bits per heavy atom.